The lowest BCUT2D eigenvalue weighted by molar-refractivity contribution is -0.0979. The number of carbonyl (C=O) groups excluding carboxylic acids is 1. The Morgan fingerprint density at radius 1 is 1.10 bits per heavy atom. The van der Waals surface area contributed by atoms with Crippen molar-refractivity contribution in [2.45, 2.75) is 6.92 Å². The van der Waals surface area contributed by atoms with E-state index in [2.05, 4.69) is 27.1 Å². The molecule has 0 saturated carbocycles. The van der Waals surface area contributed by atoms with Gasteiger partial charge in [0.2, 0.25) is 0 Å². The van der Waals surface area contributed by atoms with Crippen LogP contribution >= 0.6 is 0 Å². The first kappa shape index (κ1) is 22.1. The second-order valence-electron chi connectivity index (χ2n) is 6.73. The van der Waals surface area contributed by atoms with E-state index in [0.29, 0.717) is 17.6 Å². The molecule has 0 saturated heterocycles. The van der Waals surface area contributed by atoms with Crippen molar-refractivity contribution in [1.29, 1.82) is 0 Å². The lowest BCUT2D eigenvalue weighted by Crippen LogP contribution is -2.34. The summed E-state index contributed by atoms with van der Waals surface area (Å²) in [6.45, 7) is 7.23. The third-order valence-corrected chi connectivity index (χ3v) is 4.77. The number of carbonyl (C=O) groups is 1. The molecule has 1 aromatic carbocycles. The van der Waals surface area contributed by atoms with E-state index < -0.39 is 0 Å². The highest BCUT2D eigenvalue weighted by Gasteiger charge is 2.10. The van der Waals surface area contributed by atoms with Crippen LogP contribution < -0.4 is 16.0 Å². The van der Waals surface area contributed by atoms with Crippen LogP contribution in [-0.2, 0) is 4.79 Å². The number of hydrogen-bond acceptors (Lipinski definition) is 9. The minimum absolute atomic E-state index is 0.0818. The normalized spacial score (nSPS) is 10.8. The highest BCUT2D eigenvalue weighted by Crippen LogP contribution is 2.26. The summed E-state index contributed by atoms with van der Waals surface area (Å²) in [4.78, 5) is 23.6. The monoisotopic (exact) mass is 422 g/mol. The summed E-state index contributed by atoms with van der Waals surface area (Å²) in [6.07, 6.45) is 1.83. The second kappa shape index (κ2) is 10.5. The van der Waals surface area contributed by atoms with E-state index in [4.69, 9.17) is 19.9 Å². The minimum Gasteiger partial charge on any atom is -0.424 e. The Bertz CT molecular complexity index is 1150. The number of nitrogens with one attached hydrogen (secondary N) is 1. The topological polar surface area (TPSA) is 130 Å². The average Bonchev–Trinajstić information content (AvgIpc) is 3.18. The number of hydrogen-bond donors (Lipinski definition) is 3. The molecule has 31 heavy (non-hydrogen) atoms. The van der Waals surface area contributed by atoms with E-state index in [1.807, 2.05) is 49.4 Å². The van der Waals surface area contributed by atoms with Crippen LogP contribution in [0.25, 0.3) is 33.4 Å². The fourth-order valence-corrected chi connectivity index (χ4v) is 3.32. The van der Waals surface area contributed by atoms with Crippen LogP contribution in [0, 0.1) is 0 Å². The van der Waals surface area contributed by atoms with Crippen LogP contribution in [0.5, 0.6) is 0 Å². The fraction of sp³-hybridized carbons (Fsp3) is 0.273. The number of fused-ring (bicyclic) bond motifs is 2. The molecule has 4 N–H and O–H groups in total. The minimum atomic E-state index is 0.0818. The molecule has 0 spiro atoms. The Labute approximate surface area is 179 Å². The van der Waals surface area contributed by atoms with Crippen LogP contribution in [0.2, 0.25) is 0 Å². The van der Waals surface area contributed by atoms with Gasteiger partial charge < -0.3 is 30.3 Å². The molecule has 0 amide bonds. The number of nitrogen functional groups attached to an aromatic ring is 1. The molecule has 4 aromatic rings. The molecule has 3 heterocycles. The van der Waals surface area contributed by atoms with Gasteiger partial charge in [-0.3, -0.25) is 4.98 Å². The number of likely N-dealkylation sites (N-methyl/N-ethyl adjacent to an activating group) is 1. The van der Waals surface area contributed by atoms with E-state index in [1.54, 1.807) is 0 Å². The smallest absolute Gasteiger partial charge is 0.292 e. The summed E-state index contributed by atoms with van der Waals surface area (Å²) in [5, 5.41) is 12.7. The number of aromatic nitrogens is 3. The highest BCUT2D eigenvalue weighted by atomic mass is 16.4. The molecule has 9 heteroatoms. The van der Waals surface area contributed by atoms with Crippen molar-refractivity contribution in [3.05, 3.63) is 42.6 Å². The Hall–Kier alpha value is -3.56. The Morgan fingerprint density at radius 3 is 2.71 bits per heavy atom. The zero-order valence-corrected chi connectivity index (χ0v) is 17.4. The molecule has 0 unspecified atom stereocenters. The molecule has 162 valence electrons. The Balaban J connectivity index is 0.00000132. The third-order valence-electron chi connectivity index (χ3n) is 4.77. The van der Waals surface area contributed by atoms with Crippen molar-refractivity contribution in [2.24, 2.45) is 0 Å². The lowest BCUT2D eigenvalue weighted by atomic mass is 10.1. The van der Waals surface area contributed by atoms with Gasteiger partial charge in [-0.25, -0.2) is 4.98 Å². The Kier molecular flexibility index (Phi) is 7.47. The van der Waals surface area contributed by atoms with Gasteiger partial charge in [0.15, 0.2) is 5.58 Å². The summed E-state index contributed by atoms with van der Waals surface area (Å²) < 4.78 is 5.34. The predicted octanol–water partition coefficient (Wildman–Crippen LogP) is 2.24. The molecule has 0 bridgehead atoms. The van der Waals surface area contributed by atoms with Crippen molar-refractivity contribution in [1.82, 2.24) is 20.3 Å². The Morgan fingerprint density at radius 2 is 1.94 bits per heavy atom. The van der Waals surface area contributed by atoms with E-state index >= 15 is 0 Å². The lowest BCUT2D eigenvalue weighted by Gasteiger charge is -2.24. The number of aliphatic hydroxyl groups excluding tert-OH is 1. The van der Waals surface area contributed by atoms with Crippen LogP contribution in [-0.4, -0.2) is 59.6 Å². The van der Waals surface area contributed by atoms with Gasteiger partial charge in [-0.1, -0.05) is 6.92 Å². The van der Waals surface area contributed by atoms with Crippen molar-refractivity contribution >= 4 is 40.6 Å². The third kappa shape index (κ3) is 5.14. The largest absolute Gasteiger partial charge is 0.424 e. The number of anilines is 2. The molecule has 3 aromatic heterocycles. The van der Waals surface area contributed by atoms with Crippen molar-refractivity contribution in [3.8, 4) is 11.3 Å². The van der Waals surface area contributed by atoms with E-state index in [1.165, 1.54) is 0 Å². The first-order valence-corrected chi connectivity index (χ1v) is 9.96. The fourth-order valence-electron chi connectivity index (χ4n) is 3.32. The van der Waals surface area contributed by atoms with Crippen LogP contribution in [0.4, 0.5) is 11.7 Å². The van der Waals surface area contributed by atoms with E-state index in [-0.39, 0.29) is 12.6 Å². The zero-order valence-electron chi connectivity index (χ0n) is 17.4. The van der Waals surface area contributed by atoms with Gasteiger partial charge in [-0.05, 0) is 42.9 Å². The number of nitrogens with two attached hydrogens (primary N) is 1. The van der Waals surface area contributed by atoms with Crippen molar-refractivity contribution in [3.63, 3.8) is 0 Å². The number of oxazole rings is 1. The summed E-state index contributed by atoms with van der Waals surface area (Å²) in [5.41, 5.74) is 11.3. The summed E-state index contributed by atoms with van der Waals surface area (Å²) in [6, 6.07) is 11.8. The summed E-state index contributed by atoms with van der Waals surface area (Å²) in [7, 11) is 0. The van der Waals surface area contributed by atoms with Gasteiger partial charge in [0, 0.05) is 25.2 Å². The number of benzene rings is 1. The van der Waals surface area contributed by atoms with Gasteiger partial charge in [-0.15, -0.1) is 0 Å². The molecule has 0 radical (unpaired) electrons. The SMILES string of the molecule is C=O.CCNCCN(CCO)c1cnc2ccc(-c3ccc4oc(N)nc4c3)nc2c1. The molecular formula is C22H26N6O3. The number of aliphatic hydroxyl groups is 1. The molecule has 4 rings (SSSR count). The van der Waals surface area contributed by atoms with Gasteiger partial charge in [0.1, 0.15) is 12.3 Å². The number of pyridine rings is 2. The van der Waals surface area contributed by atoms with Gasteiger partial charge in [-0.2, -0.15) is 4.98 Å². The van der Waals surface area contributed by atoms with Crippen LogP contribution in [0.3, 0.4) is 0 Å². The molecule has 0 aliphatic carbocycles. The molecule has 0 aliphatic heterocycles. The maximum atomic E-state index is 9.43. The quantitative estimate of drug-likeness (QED) is 0.366. The summed E-state index contributed by atoms with van der Waals surface area (Å²) in [5.74, 6) is 0. The number of rotatable bonds is 8. The first-order chi connectivity index (χ1) is 15.2. The predicted molar refractivity (Wildman–Crippen MR) is 122 cm³/mol. The first-order valence-electron chi connectivity index (χ1n) is 9.96. The molecule has 9 nitrogen and oxygen atoms in total. The number of nitrogens with zero attached hydrogens (tertiary/aromatic N) is 4. The van der Waals surface area contributed by atoms with Crippen LogP contribution in [0.15, 0.2) is 47.0 Å². The van der Waals surface area contributed by atoms with Gasteiger partial charge in [0.05, 0.1) is 35.2 Å². The molecule has 0 fully saturated rings. The van der Waals surface area contributed by atoms with Crippen LogP contribution in [0.1, 0.15) is 6.92 Å². The van der Waals surface area contributed by atoms with Gasteiger partial charge >= 0.3 is 0 Å². The van der Waals surface area contributed by atoms with E-state index in [9.17, 15) is 5.11 Å². The van der Waals surface area contributed by atoms with E-state index in [0.717, 1.165) is 47.6 Å². The molecule has 0 aliphatic rings. The van der Waals surface area contributed by atoms with Gasteiger partial charge in [0.25, 0.3) is 6.01 Å². The average molecular weight is 422 g/mol. The maximum absolute atomic E-state index is 9.43. The maximum Gasteiger partial charge on any atom is 0.292 e. The molecule has 0 atom stereocenters. The van der Waals surface area contributed by atoms with Crippen molar-refractivity contribution in [2.75, 3.05) is 43.4 Å². The van der Waals surface area contributed by atoms with Crippen molar-refractivity contribution < 1.29 is 14.3 Å². The zero-order chi connectivity index (χ0) is 22.2. The molecular weight excluding hydrogens is 396 g/mol. The summed E-state index contributed by atoms with van der Waals surface area (Å²) >= 11 is 0. The second-order valence-corrected chi connectivity index (χ2v) is 6.73. The standard InChI is InChI=1S/C21H24N6O2.CH2O/c1-2-23-7-8-27(9-10-28)15-12-18-17(24-13-15)5-4-16(25-18)14-3-6-20-19(11-14)26-21(22)29-20;1-2/h3-6,11-13,23,28H,2,7-10H2,1H3,(H2,22,26);1H2. The highest BCUT2D eigenvalue weighted by molar-refractivity contribution is 5.84.